The second-order valence-corrected chi connectivity index (χ2v) is 3.50. The van der Waals surface area contributed by atoms with Crippen LogP contribution in [0.25, 0.3) is 0 Å². The first-order valence-electron chi connectivity index (χ1n) is 5.09. The van der Waals surface area contributed by atoms with Crippen molar-refractivity contribution in [2.24, 2.45) is 7.05 Å². The van der Waals surface area contributed by atoms with Gasteiger partial charge in [0.25, 0.3) is 0 Å². The van der Waals surface area contributed by atoms with Crippen LogP contribution in [0.1, 0.15) is 11.3 Å². The van der Waals surface area contributed by atoms with Crippen LogP contribution in [0.3, 0.4) is 0 Å². The highest BCUT2D eigenvalue weighted by atomic mass is 16.5. The molecule has 0 amide bonds. The van der Waals surface area contributed by atoms with Crippen LogP contribution >= 0.6 is 0 Å². The van der Waals surface area contributed by atoms with Gasteiger partial charge in [-0.15, -0.1) is 0 Å². The molecule has 1 aromatic carbocycles. The summed E-state index contributed by atoms with van der Waals surface area (Å²) in [5.74, 6) is 0.714. The third-order valence-corrected chi connectivity index (χ3v) is 2.44. The molecule has 0 radical (unpaired) electrons. The Morgan fingerprint density at radius 1 is 1.31 bits per heavy atom. The Bertz CT molecular complexity index is 466. The van der Waals surface area contributed by atoms with Gasteiger partial charge in [0.15, 0.2) is 0 Å². The zero-order valence-corrected chi connectivity index (χ0v) is 9.13. The van der Waals surface area contributed by atoms with Crippen LogP contribution in [0, 0.1) is 0 Å². The number of aliphatic hydroxyl groups excluding tert-OH is 1. The van der Waals surface area contributed by atoms with E-state index in [1.165, 1.54) is 0 Å². The third-order valence-electron chi connectivity index (χ3n) is 2.44. The maximum absolute atomic E-state index is 9.13. The summed E-state index contributed by atoms with van der Waals surface area (Å²) in [5.41, 5.74) is 1.79. The first kappa shape index (κ1) is 10.7. The van der Waals surface area contributed by atoms with E-state index in [2.05, 4.69) is 5.10 Å². The van der Waals surface area contributed by atoms with Crippen LogP contribution < -0.4 is 4.74 Å². The molecule has 0 aliphatic carbocycles. The fraction of sp³-hybridized carbons (Fsp3) is 0.250. The van der Waals surface area contributed by atoms with E-state index in [1.54, 1.807) is 10.9 Å². The third kappa shape index (κ3) is 2.23. The van der Waals surface area contributed by atoms with E-state index in [9.17, 15) is 0 Å². The lowest BCUT2D eigenvalue weighted by Crippen LogP contribution is -2.04. The van der Waals surface area contributed by atoms with Crippen molar-refractivity contribution in [1.82, 2.24) is 9.78 Å². The molecule has 4 nitrogen and oxygen atoms in total. The predicted octanol–water partition coefficient (Wildman–Crippen LogP) is 1.49. The number of aromatic nitrogens is 2. The summed E-state index contributed by atoms with van der Waals surface area (Å²) in [4.78, 5) is 0. The second kappa shape index (κ2) is 4.81. The van der Waals surface area contributed by atoms with Crippen molar-refractivity contribution in [3.05, 3.63) is 47.8 Å². The fourth-order valence-corrected chi connectivity index (χ4v) is 1.47. The lowest BCUT2D eigenvalue weighted by atomic mass is 10.2. The molecule has 0 unspecified atom stereocenters. The fourth-order valence-electron chi connectivity index (χ4n) is 1.47. The molecule has 1 aromatic heterocycles. The molecule has 0 bridgehead atoms. The molecule has 0 spiro atoms. The van der Waals surface area contributed by atoms with Crippen molar-refractivity contribution >= 4 is 0 Å². The zero-order valence-electron chi connectivity index (χ0n) is 9.13. The standard InChI is InChI=1S/C12H14N2O2/c1-14-11(6-7-13-14)9-16-12-5-3-2-4-10(12)8-15/h2-7,15H,8-9H2,1H3. The minimum atomic E-state index is -0.0123. The highest BCUT2D eigenvalue weighted by molar-refractivity contribution is 5.32. The maximum atomic E-state index is 9.13. The Morgan fingerprint density at radius 2 is 2.12 bits per heavy atom. The molecule has 0 saturated heterocycles. The summed E-state index contributed by atoms with van der Waals surface area (Å²) in [6.45, 7) is 0.440. The van der Waals surface area contributed by atoms with Crippen LogP contribution in [0.5, 0.6) is 5.75 Å². The first-order valence-corrected chi connectivity index (χ1v) is 5.09. The Balaban J connectivity index is 2.07. The van der Waals surface area contributed by atoms with Gasteiger partial charge in [0.2, 0.25) is 0 Å². The van der Waals surface area contributed by atoms with Crippen molar-refractivity contribution in [2.75, 3.05) is 0 Å². The molecule has 0 saturated carbocycles. The van der Waals surface area contributed by atoms with Crippen molar-refractivity contribution in [2.45, 2.75) is 13.2 Å². The molecule has 1 N–H and O–H groups in total. The minimum absolute atomic E-state index is 0.0123. The quantitative estimate of drug-likeness (QED) is 0.845. The molecular formula is C12H14N2O2. The van der Waals surface area contributed by atoms with Crippen LogP contribution in [0.4, 0.5) is 0 Å². The Morgan fingerprint density at radius 3 is 2.81 bits per heavy atom. The zero-order chi connectivity index (χ0) is 11.4. The summed E-state index contributed by atoms with van der Waals surface area (Å²) < 4.78 is 7.40. The maximum Gasteiger partial charge on any atom is 0.130 e. The summed E-state index contributed by atoms with van der Waals surface area (Å²) in [6.07, 6.45) is 1.73. The molecule has 4 heteroatoms. The lowest BCUT2D eigenvalue weighted by molar-refractivity contribution is 0.255. The van der Waals surface area contributed by atoms with Gasteiger partial charge in [0.1, 0.15) is 12.4 Å². The summed E-state index contributed by atoms with van der Waals surface area (Å²) in [6, 6.07) is 9.36. The van der Waals surface area contributed by atoms with Crippen molar-refractivity contribution < 1.29 is 9.84 Å². The Kier molecular flexibility index (Phi) is 3.22. The van der Waals surface area contributed by atoms with Crippen LogP contribution in [-0.2, 0) is 20.3 Å². The van der Waals surface area contributed by atoms with Gasteiger partial charge in [0, 0.05) is 18.8 Å². The van der Waals surface area contributed by atoms with Gasteiger partial charge in [0.05, 0.1) is 12.3 Å². The van der Waals surface area contributed by atoms with E-state index in [4.69, 9.17) is 9.84 Å². The van der Waals surface area contributed by atoms with Gasteiger partial charge in [-0.05, 0) is 12.1 Å². The SMILES string of the molecule is Cn1nccc1COc1ccccc1CO. The van der Waals surface area contributed by atoms with Crippen molar-refractivity contribution in [1.29, 1.82) is 0 Å². The molecule has 1 heterocycles. The molecule has 2 aromatic rings. The number of aliphatic hydroxyl groups is 1. The second-order valence-electron chi connectivity index (χ2n) is 3.50. The number of aryl methyl sites for hydroxylation is 1. The molecular weight excluding hydrogens is 204 g/mol. The topological polar surface area (TPSA) is 47.3 Å². The smallest absolute Gasteiger partial charge is 0.130 e. The molecule has 2 rings (SSSR count). The molecule has 0 aliphatic heterocycles. The summed E-state index contributed by atoms with van der Waals surface area (Å²) >= 11 is 0. The first-order chi connectivity index (χ1) is 7.81. The van der Waals surface area contributed by atoms with Gasteiger partial charge >= 0.3 is 0 Å². The normalized spacial score (nSPS) is 10.4. The molecule has 84 valence electrons. The average molecular weight is 218 g/mol. The molecule has 16 heavy (non-hydrogen) atoms. The van der Waals surface area contributed by atoms with E-state index in [1.807, 2.05) is 37.4 Å². The van der Waals surface area contributed by atoms with Crippen LogP contribution in [0.2, 0.25) is 0 Å². The number of benzene rings is 1. The van der Waals surface area contributed by atoms with Gasteiger partial charge in [-0.2, -0.15) is 5.10 Å². The Labute approximate surface area is 94.1 Å². The van der Waals surface area contributed by atoms with Crippen molar-refractivity contribution in [3.63, 3.8) is 0 Å². The average Bonchev–Trinajstić information content (AvgIpc) is 2.72. The summed E-state index contributed by atoms with van der Waals surface area (Å²) in [7, 11) is 1.87. The largest absolute Gasteiger partial charge is 0.487 e. The highest BCUT2D eigenvalue weighted by Crippen LogP contribution is 2.18. The lowest BCUT2D eigenvalue weighted by Gasteiger charge is -2.09. The number of ether oxygens (including phenoxy) is 1. The molecule has 0 atom stereocenters. The highest BCUT2D eigenvalue weighted by Gasteiger charge is 2.03. The van der Waals surface area contributed by atoms with Gasteiger partial charge in [-0.25, -0.2) is 0 Å². The van der Waals surface area contributed by atoms with E-state index in [0.717, 1.165) is 11.3 Å². The van der Waals surface area contributed by atoms with Gasteiger partial charge < -0.3 is 9.84 Å². The van der Waals surface area contributed by atoms with E-state index in [0.29, 0.717) is 12.4 Å². The Hall–Kier alpha value is -1.81. The molecule has 0 fully saturated rings. The van der Waals surface area contributed by atoms with Gasteiger partial charge in [-0.3, -0.25) is 4.68 Å². The minimum Gasteiger partial charge on any atom is -0.487 e. The van der Waals surface area contributed by atoms with E-state index >= 15 is 0 Å². The summed E-state index contributed by atoms with van der Waals surface area (Å²) in [5, 5.41) is 13.2. The van der Waals surface area contributed by atoms with Gasteiger partial charge in [-0.1, -0.05) is 18.2 Å². The van der Waals surface area contributed by atoms with Crippen LogP contribution in [0.15, 0.2) is 36.5 Å². The van der Waals surface area contributed by atoms with Crippen LogP contribution in [-0.4, -0.2) is 14.9 Å². The number of para-hydroxylation sites is 1. The van der Waals surface area contributed by atoms with E-state index in [-0.39, 0.29) is 6.61 Å². The number of rotatable bonds is 4. The number of nitrogens with zero attached hydrogens (tertiary/aromatic N) is 2. The number of hydrogen-bond donors (Lipinski definition) is 1. The number of hydrogen-bond acceptors (Lipinski definition) is 3. The van der Waals surface area contributed by atoms with E-state index < -0.39 is 0 Å². The monoisotopic (exact) mass is 218 g/mol. The van der Waals surface area contributed by atoms with Crippen molar-refractivity contribution in [3.8, 4) is 5.75 Å². The predicted molar refractivity (Wildman–Crippen MR) is 59.9 cm³/mol. The molecule has 0 aliphatic rings.